The fraction of sp³-hybridized carbons (Fsp3) is 0.417. The van der Waals surface area contributed by atoms with Crippen LogP contribution in [-0.4, -0.2) is 27.4 Å². The zero-order valence-electron chi connectivity index (χ0n) is 11.0. The van der Waals surface area contributed by atoms with Crippen LogP contribution in [0.15, 0.2) is 23.1 Å². The summed E-state index contributed by atoms with van der Waals surface area (Å²) in [5.41, 5.74) is 11.9. The number of nitrogen functional groups attached to an aromatic ring is 1. The van der Waals surface area contributed by atoms with Gasteiger partial charge in [-0.2, -0.15) is 0 Å². The van der Waals surface area contributed by atoms with Crippen LogP contribution < -0.4 is 21.5 Å². The molecule has 0 aliphatic carbocycles. The maximum Gasteiger partial charge on any atom is 0.240 e. The fourth-order valence-corrected chi connectivity index (χ4v) is 3.16. The van der Waals surface area contributed by atoms with Gasteiger partial charge in [-0.05, 0) is 25.0 Å². The molecule has 1 amide bonds. The largest absolute Gasteiger partial charge is 0.396 e. The molecule has 8 heteroatoms. The predicted octanol–water partition coefficient (Wildman–Crippen LogP) is -0.382. The second-order valence-corrected chi connectivity index (χ2v) is 6.45. The van der Waals surface area contributed by atoms with E-state index in [9.17, 15) is 13.2 Å². The third-order valence-electron chi connectivity index (χ3n) is 3.51. The van der Waals surface area contributed by atoms with Gasteiger partial charge in [-0.3, -0.25) is 4.79 Å². The van der Waals surface area contributed by atoms with E-state index in [0.29, 0.717) is 18.8 Å². The van der Waals surface area contributed by atoms with Crippen molar-refractivity contribution in [3.63, 3.8) is 0 Å². The van der Waals surface area contributed by atoms with E-state index in [1.165, 1.54) is 6.07 Å². The highest BCUT2D eigenvalue weighted by molar-refractivity contribution is 7.89. The summed E-state index contributed by atoms with van der Waals surface area (Å²) in [7, 11) is -3.87. The van der Waals surface area contributed by atoms with Crippen molar-refractivity contribution < 1.29 is 13.2 Å². The molecule has 1 atom stereocenters. The number of hydrogen-bond acceptors (Lipinski definition) is 5. The molecule has 1 heterocycles. The summed E-state index contributed by atoms with van der Waals surface area (Å²) >= 11 is 0. The second-order valence-electron chi connectivity index (χ2n) is 4.92. The van der Waals surface area contributed by atoms with Gasteiger partial charge < -0.3 is 16.4 Å². The predicted molar refractivity (Wildman–Crippen MR) is 76.4 cm³/mol. The average Bonchev–Trinajstić information content (AvgIpc) is 2.37. The van der Waals surface area contributed by atoms with Gasteiger partial charge in [0.2, 0.25) is 15.9 Å². The number of nitrogens with two attached hydrogens (primary N) is 3. The highest BCUT2D eigenvalue weighted by Gasteiger charge is 2.26. The van der Waals surface area contributed by atoms with Crippen molar-refractivity contribution in [2.24, 2.45) is 16.8 Å². The van der Waals surface area contributed by atoms with Gasteiger partial charge in [0, 0.05) is 13.1 Å². The molecule has 1 aliphatic heterocycles. The Balaban J connectivity index is 2.36. The van der Waals surface area contributed by atoms with E-state index in [1.807, 2.05) is 4.90 Å². The summed E-state index contributed by atoms with van der Waals surface area (Å²) in [5, 5.41) is 5.13. The molecule has 1 fully saturated rings. The first-order valence-corrected chi connectivity index (χ1v) is 7.81. The van der Waals surface area contributed by atoms with Crippen LogP contribution in [-0.2, 0) is 14.8 Å². The summed E-state index contributed by atoms with van der Waals surface area (Å²) < 4.78 is 22.9. The van der Waals surface area contributed by atoms with Crippen LogP contribution in [0.4, 0.5) is 11.4 Å². The van der Waals surface area contributed by atoms with Gasteiger partial charge in [-0.25, -0.2) is 13.6 Å². The highest BCUT2D eigenvalue weighted by Crippen LogP contribution is 2.32. The van der Waals surface area contributed by atoms with Gasteiger partial charge in [0.1, 0.15) is 4.90 Å². The van der Waals surface area contributed by atoms with Gasteiger partial charge >= 0.3 is 0 Å². The van der Waals surface area contributed by atoms with Gasteiger partial charge in [0.05, 0.1) is 17.3 Å². The van der Waals surface area contributed by atoms with E-state index in [0.717, 1.165) is 12.8 Å². The number of para-hydroxylation sites is 1. The maximum atomic E-state index is 11.5. The topological polar surface area (TPSA) is 133 Å². The lowest BCUT2D eigenvalue weighted by Crippen LogP contribution is -2.41. The summed E-state index contributed by atoms with van der Waals surface area (Å²) in [4.78, 5) is 13.1. The quantitative estimate of drug-likeness (QED) is 0.654. The average molecular weight is 298 g/mol. The molecule has 7 nitrogen and oxygen atoms in total. The van der Waals surface area contributed by atoms with E-state index < -0.39 is 10.0 Å². The van der Waals surface area contributed by atoms with Gasteiger partial charge in [-0.15, -0.1) is 0 Å². The van der Waals surface area contributed by atoms with Crippen LogP contribution >= 0.6 is 0 Å². The monoisotopic (exact) mass is 298 g/mol. The molecular weight excluding hydrogens is 280 g/mol. The van der Waals surface area contributed by atoms with Crippen LogP contribution in [0.2, 0.25) is 0 Å². The molecule has 0 radical (unpaired) electrons. The van der Waals surface area contributed by atoms with E-state index in [4.69, 9.17) is 16.6 Å². The Labute approximate surface area is 117 Å². The van der Waals surface area contributed by atoms with Crippen LogP contribution in [0.25, 0.3) is 0 Å². The molecule has 1 unspecified atom stereocenters. The molecule has 1 aliphatic rings. The number of benzene rings is 1. The smallest absolute Gasteiger partial charge is 0.240 e. The lowest BCUT2D eigenvalue weighted by Gasteiger charge is -2.34. The van der Waals surface area contributed by atoms with Crippen molar-refractivity contribution in [3.8, 4) is 0 Å². The van der Waals surface area contributed by atoms with E-state index >= 15 is 0 Å². The van der Waals surface area contributed by atoms with Crippen molar-refractivity contribution in [1.82, 2.24) is 0 Å². The SMILES string of the molecule is NC(=O)C1CCCN(c2cccc(S(N)(=O)=O)c2N)C1. The molecule has 0 saturated carbocycles. The molecule has 6 N–H and O–H groups in total. The van der Waals surface area contributed by atoms with E-state index in [-0.39, 0.29) is 22.4 Å². The lowest BCUT2D eigenvalue weighted by atomic mass is 9.97. The Hall–Kier alpha value is -1.80. The number of nitrogens with zero attached hydrogens (tertiary/aromatic N) is 1. The number of piperidine rings is 1. The Bertz CT molecular complexity index is 630. The van der Waals surface area contributed by atoms with Gasteiger partial charge in [0.15, 0.2) is 0 Å². The number of anilines is 2. The molecule has 20 heavy (non-hydrogen) atoms. The van der Waals surface area contributed by atoms with Gasteiger partial charge in [0.25, 0.3) is 0 Å². The molecule has 1 aromatic carbocycles. The zero-order valence-corrected chi connectivity index (χ0v) is 11.8. The Kier molecular flexibility index (Phi) is 3.87. The second kappa shape index (κ2) is 5.29. The molecule has 0 spiro atoms. The zero-order chi connectivity index (χ0) is 14.9. The van der Waals surface area contributed by atoms with E-state index in [1.54, 1.807) is 12.1 Å². The number of amides is 1. The number of sulfonamides is 1. The first-order chi connectivity index (χ1) is 9.30. The Morgan fingerprint density at radius 2 is 2.05 bits per heavy atom. The first-order valence-electron chi connectivity index (χ1n) is 6.26. The van der Waals surface area contributed by atoms with Crippen molar-refractivity contribution >= 4 is 27.3 Å². The van der Waals surface area contributed by atoms with Crippen LogP contribution in [0, 0.1) is 5.92 Å². The number of primary amides is 1. The van der Waals surface area contributed by atoms with Crippen molar-refractivity contribution in [2.45, 2.75) is 17.7 Å². The molecule has 2 rings (SSSR count). The van der Waals surface area contributed by atoms with Gasteiger partial charge in [-0.1, -0.05) is 6.07 Å². The summed E-state index contributed by atoms with van der Waals surface area (Å²) in [6, 6.07) is 4.66. The highest BCUT2D eigenvalue weighted by atomic mass is 32.2. The van der Waals surface area contributed by atoms with Crippen LogP contribution in [0.1, 0.15) is 12.8 Å². The maximum absolute atomic E-state index is 11.5. The summed E-state index contributed by atoms with van der Waals surface area (Å²) in [6.45, 7) is 1.13. The molecule has 0 aromatic heterocycles. The van der Waals surface area contributed by atoms with Crippen molar-refractivity contribution in [1.29, 1.82) is 0 Å². The molecule has 110 valence electrons. The Morgan fingerprint density at radius 1 is 1.35 bits per heavy atom. The fourth-order valence-electron chi connectivity index (χ4n) is 2.48. The van der Waals surface area contributed by atoms with Crippen LogP contribution in [0.5, 0.6) is 0 Å². The molecular formula is C12H18N4O3S. The van der Waals surface area contributed by atoms with Crippen molar-refractivity contribution in [2.75, 3.05) is 23.7 Å². The minimum Gasteiger partial charge on any atom is -0.396 e. The number of carbonyl (C=O) groups excluding carboxylic acids is 1. The number of carbonyl (C=O) groups is 1. The van der Waals surface area contributed by atoms with E-state index in [2.05, 4.69) is 0 Å². The molecule has 1 saturated heterocycles. The summed E-state index contributed by atoms with van der Waals surface area (Å²) in [6.07, 6.45) is 1.53. The minimum atomic E-state index is -3.87. The molecule has 1 aromatic rings. The number of hydrogen-bond donors (Lipinski definition) is 3. The lowest BCUT2D eigenvalue weighted by molar-refractivity contribution is -0.122. The Morgan fingerprint density at radius 3 is 2.65 bits per heavy atom. The van der Waals surface area contributed by atoms with Crippen LogP contribution in [0.3, 0.4) is 0 Å². The number of primary sulfonamides is 1. The minimum absolute atomic E-state index is 0.101. The normalized spacial score (nSPS) is 19.9. The summed E-state index contributed by atoms with van der Waals surface area (Å²) in [5.74, 6) is -0.600. The standard InChI is InChI=1S/C12H18N4O3S/c13-11-9(4-1-5-10(11)20(15,18)19)16-6-2-3-8(7-16)12(14)17/h1,4-5,8H,2-3,6-7,13H2,(H2,14,17)(H2,15,18,19). The third kappa shape index (κ3) is 2.86. The third-order valence-corrected chi connectivity index (χ3v) is 4.48. The van der Waals surface area contributed by atoms with Crippen molar-refractivity contribution in [3.05, 3.63) is 18.2 Å². The first kappa shape index (κ1) is 14.6. The number of rotatable bonds is 3. The molecule has 0 bridgehead atoms.